The van der Waals surface area contributed by atoms with Crippen molar-refractivity contribution in [3.8, 4) is 28.7 Å². The highest BCUT2D eigenvalue weighted by atomic mass is 19.3. The molecule has 0 atom stereocenters. The van der Waals surface area contributed by atoms with Crippen LogP contribution < -0.4 is 4.74 Å². The Balaban J connectivity index is 1.55. The maximum atomic E-state index is 15.2. The molecular weight excluding hydrogens is 421 g/mol. The maximum Gasteiger partial charge on any atom is 0.387 e. The second-order valence-corrected chi connectivity index (χ2v) is 7.82. The van der Waals surface area contributed by atoms with Gasteiger partial charge < -0.3 is 4.74 Å². The van der Waals surface area contributed by atoms with Crippen molar-refractivity contribution in [2.45, 2.75) is 32.8 Å². The van der Waals surface area contributed by atoms with Gasteiger partial charge in [-0.25, -0.2) is 4.39 Å². The van der Waals surface area contributed by atoms with E-state index in [-0.39, 0.29) is 11.6 Å². The highest BCUT2D eigenvalue weighted by Crippen LogP contribution is 2.30. The number of rotatable bonds is 6. The Morgan fingerprint density at radius 2 is 1.52 bits per heavy atom. The summed E-state index contributed by atoms with van der Waals surface area (Å²) in [4.78, 5) is 0. The number of unbranched alkanes of at least 4 members (excludes halogenated alkanes) is 1. The number of fused-ring (bicyclic) bond motifs is 1. The number of hydrogen-bond acceptors (Lipinski definition) is 1. The van der Waals surface area contributed by atoms with Gasteiger partial charge in [-0.3, -0.25) is 0 Å². The number of hydrogen-bond donors (Lipinski definition) is 0. The van der Waals surface area contributed by atoms with E-state index in [9.17, 15) is 8.78 Å². The van der Waals surface area contributed by atoms with E-state index in [0.29, 0.717) is 16.5 Å². The van der Waals surface area contributed by atoms with Crippen LogP contribution in [0.4, 0.5) is 13.2 Å². The number of ether oxygens (including phenoxy) is 1. The maximum absolute atomic E-state index is 15.2. The lowest BCUT2D eigenvalue weighted by molar-refractivity contribution is -0.0498. The van der Waals surface area contributed by atoms with E-state index in [1.807, 2.05) is 24.3 Å². The first-order valence-electron chi connectivity index (χ1n) is 10.9. The van der Waals surface area contributed by atoms with Crippen LogP contribution in [0, 0.1) is 17.7 Å². The Morgan fingerprint density at radius 3 is 2.21 bits per heavy atom. The minimum Gasteiger partial charge on any atom is -0.435 e. The van der Waals surface area contributed by atoms with E-state index < -0.39 is 6.61 Å². The Kier molecular flexibility index (Phi) is 7.00. The predicted octanol–water partition coefficient (Wildman–Crippen LogP) is 7.99. The van der Waals surface area contributed by atoms with E-state index in [4.69, 9.17) is 0 Å². The molecule has 0 amide bonds. The normalized spacial score (nSPS) is 10.8. The van der Waals surface area contributed by atoms with Crippen molar-refractivity contribution in [3.63, 3.8) is 0 Å². The summed E-state index contributed by atoms with van der Waals surface area (Å²) in [5.74, 6) is 6.00. The molecule has 0 N–H and O–H groups in total. The lowest BCUT2D eigenvalue weighted by Crippen LogP contribution is -2.01. The van der Waals surface area contributed by atoms with Gasteiger partial charge in [0.05, 0.1) is 0 Å². The summed E-state index contributed by atoms with van der Waals surface area (Å²) in [5, 5.41) is 1.22. The van der Waals surface area contributed by atoms with Crippen molar-refractivity contribution in [2.24, 2.45) is 0 Å². The highest BCUT2D eigenvalue weighted by Gasteiger charge is 2.11. The van der Waals surface area contributed by atoms with Crippen molar-refractivity contribution < 1.29 is 17.9 Å². The molecule has 166 valence electrons. The smallest absolute Gasteiger partial charge is 0.387 e. The van der Waals surface area contributed by atoms with E-state index in [1.165, 1.54) is 30.5 Å². The monoisotopic (exact) mass is 444 g/mol. The molecular formula is C29H23F3O. The average Bonchev–Trinajstić information content (AvgIpc) is 2.82. The van der Waals surface area contributed by atoms with Gasteiger partial charge in [-0.05, 0) is 65.8 Å². The number of halogens is 3. The molecule has 0 bridgehead atoms. The van der Waals surface area contributed by atoms with E-state index in [0.717, 1.165) is 22.9 Å². The first kappa shape index (κ1) is 22.5. The van der Waals surface area contributed by atoms with Crippen molar-refractivity contribution in [1.29, 1.82) is 0 Å². The summed E-state index contributed by atoms with van der Waals surface area (Å²) in [6, 6.07) is 23.1. The molecule has 0 saturated carbocycles. The Bertz CT molecular complexity index is 1300. The number of aryl methyl sites for hydroxylation is 1. The first-order valence-corrected chi connectivity index (χ1v) is 10.9. The highest BCUT2D eigenvalue weighted by molar-refractivity contribution is 5.89. The molecule has 0 aliphatic carbocycles. The molecule has 0 aliphatic heterocycles. The van der Waals surface area contributed by atoms with Gasteiger partial charge >= 0.3 is 6.61 Å². The molecule has 0 aromatic heterocycles. The van der Waals surface area contributed by atoms with Crippen molar-refractivity contribution in [1.82, 2.24) is 0 Å². The minimum absolute atomic E-state index is 0.0359. The molecule has 4 rings (SSSR count). The second kappa shape index (κ2) is 10.3. The zero-order valence-electron chi connectivity index (χ0n) is 18.2. The summed E-state index contributed by atoms with van der Waals surface area (Å²) in [5.41, 5.74) is 4.04. The molecule has 4 heteroatoms. The summed E-state index contributed by atoms with van der Waals surface area (Å²) in [6.45, 7) is -0.711. The van der Waals surface area contributed by atoms with Crippen molar-refractivity contribution >= 4 is 10.8 Å². The van der Waals surface area contributed by atoms with Gasteiger partial charge in [-0.2, -0.15) is 8.78 Å². The summed E-state index contributed by atoms with van der Waals surface area (Å²) in [7, 11) is 0. The third-order valence-electron chi connectivity index (χ3n) is 5.47. The van der Waals surface area contributed by atoms with Gasteiger partial charge in [0.2, 0.25) is 0 Å². The Morgan fingerprint density at radius 1 is 0.818 bits per heavy atom. The molecule has 33 heavy (non-hydrogen) atoms. The molecule has 4 aromatic rings. The lowest BCUT2D eigenvalue weighted by Gasteiger charge is -2.09. The lowest BCUT2D eigenvalue weighted by atomic mass is 9.99. The minimum atomic E-state index is -2.89. The third kappa shape index (κ3) is 5.56. The Labute approximate surface area is 191 Å². The van der Waals surface area contributed by atoms with Gasteiger partial charge in [0.1, 0.15) is 11.6 Å². The van der Waals surface area contributed by atoms with Crippen LogP contribution in [-0.2, 0) is 6.42 Å². The zero-order valence-corrected chi connectivity index (χ0v) is 18.2. The Hall–Kier alpha value is -3.71. The molecule has 0 spiro atoms. The molecule has 4 aromatic carbocycles. The first-order chi connectivity index (χ1) is 16.0. The van der Waals surface area contributed by atoms with E-state index >= 15 is 4.39 Å². The summed E-state index contributed by atoms with van der Waals surface area (Å²) in [6.07, 6.45) is 3.43. The fraction of sp³-hybridized carbons (Fsp3) is 0.172. The number of benzene rings is 4. The van der Waals surface area contributed by atoms with Crippen LogP contribution in [-0.4, -0.2) is 6.61 Å². The SMILES string of the molecule is CCCCc1ccc(C#Cc2ccc3c(F)c(-c4ccc(OC(F)F)cc4)ccc3c2)cc1. The van der Waals surface area contributed by atoms with Crippen LogP contribution in [0.2, 0.25) is 0 Å². The molecule has 0 aliphatic rings. The van der Waals surface area contributed by atoms with Crippen LogP contribution in [0.25, 0.3) is 21.9 Å². The second-order valence-electron chi connectivity index (χ2n) is 7.82. The fourth-order valence-electron chi connectivity index (χ4n) is 3.69. The standard InChI is InChI=1S/C29H23F3O/c1-2-3-4-20-5-7-21(8-6-20)9-10-22-11-17-27-24(19-22)14-18-26(28(27)30)23-12-15-25(16-13-23)33-29(31)32/h5-8,11-19,29H,2-4H2,1H3. The van der Waals surface area contributed by atoms with Gasteiger partial charge in [-0.1, -0.05) is 67.6 Å². The average molecular weight is 444 g/mol. The molecule has 0 unspecified atom stereocenters. The van der Waals surface area contributed by atoms with Gasteiger partial charge in [0, 0.05) is 22.1 Å². The van der Waals surface area contributed by atoms with Crippen molar-refractivity contribution in [2.75, 3.05) is 0 Å². The molecule has 0 heterocycles. The fourth-order valence-corrected chi connectivity index (χ4v) is 3.69. The topological polar surface area (TPSA) is 9.23 Å². The van der Waals surface area contributed by atoms with Crippen molar-refractivity contribution in [3.05, 3.63) is 101 Å². The van der Waals surface area contributed by atoms with Crippen LogP contribution >= 0.6 is 0 Å². The van der Waals surface area contributed by atoms with Crippen LogP contribution in [0.15, 0.2) is 78.9 Å². The predicted molar refractivity (Wildman–Crippen MR) is 127 cm³/mol. The molecule has 0 fully saturated rings. The summed E-state index contributed by atoms with van der Waals surface area (Å²) < 4.78 is 44.2. The van der Waals surface area contributed by atoms with Crippen LogP contribution in [0.3, 0.4) is 0 Å². The largest absolute Gasteiger partial charge is 0.435 e. The quantitative estimate of drug-likeness (QED) is 0.274. The van der Waals surface area contributed by atoms with E-state index in [2.05, 4.69) is 35.6 Å². The zero-order chi connectivity index (χ0) is 23.2. The van der Waals surface area contributed by atoms with Crippen LogP contribution in [0.5, 0.6) is 5.75 Å². The molecule has 0 saturated heterocycles. The third-order valence-corrected chi connectivity index (χ3v) is 5.47. The van der Waals surface area contributed by atoms with Gasteiger partial charge in [0.25, 0.3) is 0 Å². The van der Waals surface area contributed by atoms with Crippen LogP contribution in [0.1, 0.15) is 36.5 Å². The molecule has 1 nitrogen and oxygen atoms in total. The molecule has 0 radical (unpaired) electrons. The van der Waals surface area contributed by atoms with Gasteiger partial charge in [-0.15, -0.1) is 0 Å². The summed E-state index contributed by atoms with van der Waals surface area (Å²) >= 11 is 0. The van der Waals surface area contributed by atoms with E-state index in [1.54, 1.807) is 30.3 Å². The number of alkyl halides is 2. The van der Waals surface area contributed by atoms with Gasteiger partial charge in [0.15, 0.2) is 0 Å².